The summed E-state index contributed by atoms with van der Waals surface area (Å²) in [6, 6.07) is 0. The van der Waals surface area contributed by atoms with Crippen molar-refractivity contribution in [2.45, 2.75) is 121 Å². The maximum Gasteiger partial charge on any atom is 0.316 e. The summed E-state index contributed by atoms with van der Waals surface area (Å²) in [6.07, 6.45) is 9.78. The first-order valence-corrected chi connectivity index (χ1v) is 14.9. The SMILES string of the molecule is CC1=C[C@H]2C(=O)O[C@H]3C[C@@H](C/C=C(\C)C[C@@H](C)/C=C/C=C4\CO[C@H]([C@@H]1O)[C@@]42O)O[C@@]1(CC[C@H](C)[C@@H](C(C)O)O1)C3. The fourth-order valence-electron chi connectivity index (χ4n) is 7.26. The van der Waals surface area contributed by atoms with Gasteiger partial charge < -0.3 is 34.3 Å². The van der Waals surface area contributed by atoms with Crippen LogP contribution in [0.4, 0.5) is 0 Å². The molecule has 0 aromatic carbocycles. The van der Waals surface area contributed by atoms with Gasteiger partial charge in [-0.3, -0.25) is 4.79 Å². The number of rotatable bonds is 1. The Hall–Kier alpha value is -1.81. The van der Waals surface area contributed by atoms with Gasteiger partial charge in [0.1, 0.15) is 29.8 Å². The number of aliphatic hydroxyl groups is 3. The molecule has 0 saturated carbocycles. The predicted molar refractivity (Wildman–Crippen MR) is 149 cm³/mol. The van der Waals surface area contributed by atoms with Gasteiger partial charge >= 0.3 is 5.97 Å². The van der Waals surface area contributed by atoms with E-state index in [0.717, 1.165) is 12.8 Å². The molecular weight excluding hydrogens is 512 g/mol. The van der Waals surface area contributed by atoms with Crippen molar-refractivity contribution < 1.29 is 39.1 Å². The van der Waals surface area contributed by atoms with Gasteiger partial charge in [-0.25, -0.2) is 0 Å². The highest BCUT2D eigenvalue weighted by molar-refractivity contribution is 5.78. The molecule has 0 amide bonds. The van der Waals surface area contributed by atoms with E-state index in [1.165, 1.54) is 5.57 Å². The number of aliphatic hydroxyl groups excluding tert-OH is 2. The van der Waals surface area contributed by atoms with Gasteiger partial charge in [0.25, 0.3) is 0 Å². The Morgan fingerprint density at radius 1 is 1.15 bits per heavy atom. The molecule has 8 nitrogen and oxygen atoms in total. The van der Waals surface area contributed by atoms with Gasteiger partial charge in [-0.15, -0.1) is 0 Å². The van der Waals surface area contributed by atoms with Crippen LogP contribution in [0.25, 0.3) is 0 Å². The zero-order chi connectivity index (χ0) is 28.8. The van der Waals surface area contributed by atoms with Gasteiger partial charge in [0.15, 0.2) is 5.79 Å². The Morgan fingerprint density at radius 2 is 1.93 bits per heavy atom. The third kappa shape index (κ3) is 5.63. The highest BCUT2D eigenvalue weighted by Gasteiger charge is 2.60. The van der Waals surface area contributed by atoms with Gasteiger partial charge in [0, 0.05) is 19.3 Å². The van der Waals surface area contributed by atoms with Crippen LogP contribution in [0.1, 0.15) is 73.1 Å². The second-order valence-corrected chi connectivity index (χ2v) is 12.9. The molecule has 4 heterocycles. The van der Waals surface area contributed by atoms with Crippen LogP contribution in [0.15, 0.2) is 47.1 Å². The third-order valence-corrected chi connectivity index (χ3v) is 9.48. The van der Waals surface area contributed by atoms with E-state index < -0.39 is 47.7 Å². The average Bonchev–Trinajstić information content (AvgIpc) is 3.23. The maximum atomic E-state index is 13.9. The summed E-state index contributed by atoms with van der Waals surface area (Å²) in [7, 11) is 0. The molecule has 1 spiro atoms. The second-order valence-electron chi connectivity index (χ2n) is 12.9. The number of hydrogen-bond donors (Lipinski definition) is 3. The van der Waals surface area contributed by atoms with Crippen LogP contribution in [0.5, 0.6) is 0 Å². The van der Waals surface area contributed by atoms with Crippen molar-refractivity contribution in [1.29, 1.82) is 0 Å². The average molecular weight is 559 g/mol. The van der Waals surface area contributed by atoms with E-state index >= 15 is 0 Å². The molecule has 0 aromatic rings. The number of allylic oxidation sites excluding steroid dienone is 4. The van der Waals surface area contributed by atoms with Crippen LogP contribution in [0.3, 0.4) is 0 Å². The Kier molecular flexibility index (Phi) is 8.50. The van der Waals surface area contributed by atoms with Crippen LogP contribution in [-0.4, -0.2) is 75.9 Å². The van der Waals surface area contributed by atoms with Crippen molar-refractivity contribution in [1.82, 2.24) is 0 Å². The zero-order valence-electron chi connectivity index (χ0n) is 24.4. The lowest BCUT2D eigenvalue weighted by atomic mass is 9.71. The molecule has 222 valence electrons. The number of carbonyl (C=O) groups excluding carboxylic acids is 1. The van der Waals surface area contributed by atoms with Crippen LogP contribution in [0, 0.1) is 17.8 Å². The predicted octanol–water partition coefficient (Wildman–Crippen LogP) is 3.90. The van der Waals surface area contributed by atoms with E-state index in [9.17, 15) is 20.1 Å². The van der Waals surface area contributed by atoms with Crippen LogP contribution >= 0.6 is 0 Å². The van der Waals surface area contributed by atoms with E-state index in [4.69, 9.17) is 18.9 Å². The van der Waals surface area contributed by atoms with E-state index in [0.29, 0.717) is 36.8 Å². The van der Waals surface area contributed by atoms with Crippen molar-refractivity contribution in [3.05, 3.63) is 47.1 Å². The number of ether oxygens (including phenoxy) is 4. The molecule has 3 fully saturated rings. The molecule has 0 radical (unpaired) electrons. The third-order valence-electron chi connectivity index (χ3n) is 9.48. The largest absolute Gasteiger partial charge is 0.462 e. The van der Waals surface area contributed by atoms with E-state index in [1.54, 1.807) is 19.9 Å². The van der Waals surface area contributed by atoms with Gasteiger partial charge in [0.2, 0.25) is 0 Å². The van der Waals surface area contributed by atoms with Crippen molar-refractivity contribution in [2.24, 2.45) is 17.8 Å². The number of fused-ring (bicyclic) bond motifs is 2. The first-order chi connectivity index (χ1) is 18.9. The van der Waals surface area contributed by atoms with E-state index in [1.807, 2.05) is 12.2 Å². The highest BCUT2D eigenvalue weighted by Crippen LogP contribution is 2.47. The van der Waals surface area contributed by atoms with Crippen molar-refractivity contribution in [3.8, 4) is 0 Å². The molecule has 5 rings (SSSR count). The molecule has 1 aliphatic carbocycles. The quantitative estimate of drug-likeness (QED) is 0.328. The smallest absolute Gasteiger partial charge is 0.316 e. The second kappa shape index (κ2) is 11.5. The number of carbonyl (C=O) groups is 1. The summed E-state index contributed by atoms with van der Waals surface area (Å²) in [4.78, 5) is 13.9. The van der Waals surface area contributed by atoms with E-state index in [-0.39, 0.29) is 30.7 Å². The highest BCUT2D eigenvalue weighted by atomic mass is 16.7. The Labute approximate surface area is 237 Å². The van der Waals surface area contributed by atoms with Gasteiger partial charge in [0.05, 0.1) is 24.9 Å². The summed E-state index contributed by atoms with van der Waals surface area (Å²) in [5.74, 6) is -2.09. The summed E-state index contributed by atoms with van der Waals surface area (Å²) in [5, 5.41) is 33.3. The normalized spacial score (nSPS) is 48.6. The molecule has 4 aliphatic heterocycles. The first-order valence-electron chi connectivity index (χ1n) is 14.9. The molecule has 2 bridgehead atoms. The lowest BCUT2D eigenvalue weighted by molar-refractivity contribution is -0.343. The Bertz CT molecular complexity index is 1090. The van der Waals surface area contributed by atoms with Crippen LogP contribution < -0.4 is 0 Å². The molecule has 0 aromatic heterocycles. The molecule has 1 unspecified atom stereocenters. The minimum absolute atomic E-state index is 0.121. The van der Waals surface area contributed by atoms with Gasteiger partial charge in [-0.1, -0.05) is 49.8 Å². The molecule has 40 heavy (non-hydrogen) atoms. The lowest BCUT2D eigenvalue weighted by Crippen LogP contribution is -2.58. The van der Waals surface area contributed by atoms with Gasteiger partial charge in [-0.2, -0.15) is 0 Å². The molecule has 3 saturated heterocycles. The topological polar surface area (TPSA) is 115 Å². The zero-order valence-corrected chi connectivity index (χ0v) is 24.4. The molecule has 5 aliphatic rings. The molecule has 11 atom stereocenters. The standard InChI is InChI=1S/C32H46O8/c1-18-7-6-8-23-17-37-29-27(34)21(4)14-26(32(23,29)36)30(35)38-25-15-24(10-9-19(2)13-18)39-31(16-25)12-11-20(3)28(40-31)22(5)33/h6-9,14,18,20,22,24-29,33-34,36H,10-13,15-17H2,1-5H3/b7-6+,19-9+,23-8+/t18-,20-,22?,24+,25-,26-,27+,28-,29+,31+,32+/m0/s1. The minimum Gasteiger partial charge on any atom is -0.462 e. The van der Waals surface area contributed by atoms with Crippen LogP contribution in [0.2, 0.25) is 0 Å². The fraction of sp³-hybridized carbons (Fsp3) is 0.719. The fourth-order valence-corrected chi connectivity index (χ4v) is 7.26. The number of esters is 1. The summed E-state index contributed by atoms with van der Waals surface area (Å²) >= 11 is 0. The number of hydrogen-bond acceptors (Lipinski definition) is 8. The molecular formula is C32H46O8. The summed E-state index contributed by atoms with van der Waals surface area (Å²) in [6.45, 7) is 9.93. The first kappa shape index (κ1) is 29.7. The summed E-state index contributed by atoms with van der Waals surface area (Å²) < 4.78 is 25.2. The molecule has 8 heteroatoms. The van der Waals surface area contributed by atoms with Crippen molar-refractivity contribution in [2.75, 3.05) is 6.61 Å². The lowest BCUT2D eigenvalue weighted by Gasteiger charge is -2.50. The van der Waals surface area contributed by atoms with Gasteiger partial charge in [-0.05, 0) is 63.0 Å². The van der Waals surface area contributed by atoms with Crippen molar-refractivity contribution in [3.63, 3.8) is 0 Å². The maximum absolute atomic E-state index is 13.9. The van der Waals surface area contributed by atoms with Crippen LogP contribution in [-0.2, 0) is 23.7 Å². The van der Waals surface area contributed by atoms with Crippen molar-refractivity contribution >= 4 is 5.97 Å². The Balaban J connectivity index is 1.51. The molecule has 3 N–H and O–H groups in total. The monoisotopic (exact) mass is 558 g/mol. The Morgan fingerprint density at radius 3 is 2.67 bits per heavy atom. The van der Waals surface area contributed by atoms with E-state index in [2.05, 4.69) is 32.9 Å². The minimum atomic E-state index is -1.72. The summed E-state index contributed by atoms with van der Waals surface area (Å²) in [5.41, 5.74) is 0.651.